The molecule has 1 saturated heterocycles. The smallest absolute Gasteiger partial charge is 0.309 e. The van der Waals surface area contributed by atoms with Crippen LogP contribution in [0, 0.1) is 5.92 Å². The van der Waals surface area contributed by atoms with Gasteiger partial charge in [0.25, 0.3) is 0 Å². The van der Waals surface area contributed by atoms with Crippen molar-refractivity contribution in [2.45, 2.75) is 6.54 Å². The molecule has 0 radical (unpaired) electrons. The van der Waals surface area contributed by atoms with Gasteiger partial charge in [-0.05, 0) is 23.8 Å². The van der Waals surface area contributed by atoms with Crippen LogP contribution in [0.15, 0.2) is 42.7 Å². The highest BCUT2D eigenvalue weighted by Crippen LogP contribution is 2.13. The summed E-state index contributed by atoms with van der Waals surface area (Å²) in [6.07, 6.45) is 3.66. The molecule has 3 rings (SSSR count). The Morgan fingerprint density at radius 1 is 1.36 bits per heavy atom. The number of aliphatic carboxylic acids is 1. The Kier molecular flexibility index (Phi) is 4.50. The molecule has 1 aliphatic rings. The van der Waals surface area contributed by atoms with Crippen molar-refractivity contribution in [3.8, 4) is 5.69 Å². The van der Waals surface area contributed by atoms with Crippen molar-refractivity contribution in [3.63, 3.8) is 0 Å². The fourth-order valence-electron chi connectivity index (χ4n) is 2.72. The van der Waals surface area contributed by atoms with E-state index in [9.17, 15) is 9.90 Å². The zero-order valence-corrected chi connectivity index (χ0v) is 12.4. The van der Waals surface area contributed by atoms with Crippen molar-refractivity contribution < 1.29 is 9.90 Å². The number of hydrogen-bond acceptors (Lipinski definition) is 4. The van der Waals surface area contributed by atoms with E-state index in [2.05, 4.69) is 27.4 Å². The van der Waals surface area contributed by atoms with Crippen LogP contribution in [0.1, 0.15) is 5.56 Å². The first-order valence-electron chi connectivity index (χ1n) is 7.47. The molecule has 2 N–H and O–H groups in total. The third kappa shape index (κ3) is 3.52. The van der Waals surface area contributed by atoms with E-state index in [1.807, 2.05) is 29.1 Å². The first-order chi connectivity index (χ1) is 10.7. The first-order valence-corrected chi connectivity index (χ1v) is 7.47. The minimum atomic E-state index is -0.728. The summed E-state index contributed by atoms with van der Waals surface area (Å²) in [6, 6.07) is 10.1. The van der Waals surface area contributed by atoms with Gasteiger partial charge in [0.2, 0.25) is 0 Å². The summed E-state index contributed by atoms with van der Waals surface area (Å²) < 4.78 is 1.82. The fraction of sp³-hybridized carbons (Fsp3) is 0.375. The third-order valence-corrected chi connectivity index (χ3v) is 3.93. The van der Waals surface area contributed by atoms with E-state index >= 15 is 0 Å². The van der Waals surface area contributed by atoms with Crippen LogP contribution in [-0.4, -0.2) is 51.9 Å². The standard InChI is InChI=1S/C16H20N4O2/c21-16(22)14-10-17-7-9-19(12-14)11-13-2-4-15(5-3-13)20-8-1-6-18-20/h1-6,8,14,17H,7,9-12H2,(H,21,22)/t14-/m1/s1. The Morgan fingerprint density at radius 2 is 2.18 bits per heavy atom. The molecule has 1 fully saturated rings. The maximum atomic E-state index is 11.2. The summed E-state index contributed by atoms with van der Waals surface area (Å²) in [7, 11) is 0. The molecule has 1 aromatic carbocycles. The van der Waals surface area contributed by atoms with Gasteiger partial charge >= 0.3 is 5.97 Å². The van der Waals surface area contributed by atoms with Crippen LogP contribution in [0.5, 0.6) is 0 Å². The SMILES string of the molecule is O=C(O)[C@@H]1CNCCN(Cc2ccc(-n3cccn3)cc2)C1. The van der Waals surface area contributed by atoms with Gasteiger partial charge in [0.05, 0.1) is 11.6 Å². The minimum Gasteiger partial charge on any atom is -0.481 e. The molecule has 0 unspecified atom stereocenters. The van der Waals surface area contributed by atoms with Crippen molar-refractivity contribution in [1.29, 1.82) is 0 Å². The normalized spacial score (nSPS) is 19.7. The van der Waals surface area contributed by atoms with Crippen LogP contribution in [0.2, 0.25) is 0 Å². The average Bonchev–Trinajstić information content (AvgIpc) is 2.95. The van der Waals surface area contributed by atoms with Gasteiger partial charge in [0, 0.05) is 45.1 Å². The quantitative estimate of drug-likeness (QED) is 0.881. The number of hydrogen-bond donors (Lipinski definition) is 2. The van der Waals surface area contributed by atoms with E-state index in [0.717, 1.165) is 25.3 Å². The molecule has 2 aromatic rings. The highest BCUT2D eigenvalue weighted by atomic mass is 16.4. The lowest BCUT2D eigenvalue weighted by Crippen LogP contribution is -2.33. The number of benzene rings is 1. The Labute approximate surface area is 129 Å². The predicted molar refractivity (Wildman–Crippen MR) is 82.8 cm³/mol. The Morgan fingerprint density at radius 3 is 2.86 bits per heavy atom. The molecule has 1 aromatic heterocycles. The Hall–Kier alpha value is -2.18. The topological polar surface area (TPSA) is 70.4 Å². The van der Waals surface area contributed by atoms with Gasteiger partial charge < -0.3 is 10.4 Å². The zero-order valence-electron chi connectivity index (χ0n) is 12.4. The highest BCUT2D eigenvalue weighted by Gasteiger charge is 2.23. The summed E-state index contributed by atoms with van der Waals surface area (Å²) >= 11 is 0. The molecular weight excluding hydrogens is 280 g/mol. The maximum absolute atomic E-state index is 11.2. The lowest BCUT2D eigenvalue weighted by molar-refractivity contribution is -0.142. The van der Waals surface area contributed by atoms with Crippen LogP contribution in [0.4, 0.5) is 0 Å². The summed E-state index contributed by atoms with van der Waals surface area (Å²) in [5, 5.41) is 16.6. The second-order valence-electron chi connectivity index (χ2n) is 5.59. The third-order valence-electron chi connectivity index (χ3n) is 3.93. The van der Waals surface area contributed by atoms with Crippen molar-refractivity contribution in [3.05, 3.63) is 48.3 Å². The van der Waals surface area contributed by atoms with Crippen molar-refractivity contribution >= 4 is 5.97 Å². The van der Waals surface area contributed by atoms with Gasteiger partial charge in [-0.15, -0.1) is 0 Å². The predicted octanol–water partition coefficient (Wildman–Crippen LogP) is 0.978. The van der Waals surface area contributed by atoms with E-state index in [1.54, 1.807) is 6.20 Å². The van der Waals surface area contributed by atoms with Gasteiger partial charge in [0.15, 0.2) is 0 Å². The molecule has 6 heteroatoms. The van der Waals surface area contributed by atoms with Gasteiger partial charge in [-0.25, -0.2) is 4.68 Å². The van der Waals surface area contributed by atoms with Crippen LogP contribution in [0.3, 0.4) is 0 Å². The Bertz CT molecular complexity index is 610. The summed E-state index contributed by atoms with van der Waals surface area (Å²) in [6.45, 7) is 3.60. The fourth-order valence-corrected chi connectivity index (χ4v) is 2.72. The number of aromatic nitrogens is 2. The zero-order chi connectivity index (χ0) is 15.4. The number of nitrogens with zero attached hydrogens (tertiary/aromatic N) is 3. The van der Waals surface area contributed by atoms with Gasteiger partial charge in [0.1, 0.15) is 0 Å². The second-order valence-corrected chi connectivity index (χ2v) is 5.59. The molecule has 116 valence electrons. The first kappa shape index (κ1) is 14.7. The van der Waals surface area contributed by atoms with E-state index in [-0.39, 0.29) is 5.92 Å². The summed E-state index contributed by atoms with van der Waals surface area (Å²) in [5.41, 5.74) is 2.21. The van der Waals surface area contributed by atoms with Crippen LogP contribution in [-0.2, 0) is 11.3 Å². The van der Waals surface area contributed by atoms with Crippen LogP contribution in [0.25, 0.3) is 5.69 Å². The van der Waals surface area contributed by atoms with Crippen molar-refractivity contribution in [2.24, 2.45) is 5.92 Å². The molecule has 1 atom stereocenters. The van der Waals surface area contributed by atoms with Gasteiger partial charge in [-0.3, -0.25) is 9.69 Å². The summed E-state index contributed by atoms with van der Waals surface area (Å²) in [4.78, 5) is 13.4. The monoisotopic (exact) mass is 300 g/mol. The minimum absolute atomic E-state index is 0.342. The van der Waals surface area contributed by atoms with E-state index in [0.29, 0.717) is 13.1 Å². The van der Waals surface area contributed by atoms with E-state index in [1.165, 1.54) is 5.56 Å². The molecule has 0 aliphatic carbocycles. The average molecular weight is 300 g/mol. The second kappa shape index (κ2) is 6.72. The molecule has 0 amide bonds. The lowest BCUT2D eigenvalue weighted by Gasteiger charge is -2.22. The van der Waals surface area contributed by atoms with E-state index < -0.39 is 5.97 Å². The Balaban J connectivity index is 1.66. The van der Waals surface area contributed by atoms with Crippen molar-refractivity contribution in [2.75, 3.05) is 26.2 Å². The highest BCUT2D eigenvalue weighted by molar-refractivity contribution is 5.70. The maximum Gasteiger partial charge on any atom is 0.309 e. The van der Waals surface area contributed by atoms with Gasteiger partial charge in [-0.1, -0.05) is 12.1 Å². The molecule has 22 heavy (non-hydrogen) atoms. The lowest BCUT2D eigenvalue weighted by atomic mass is 10.1. The van der Waals surface area contributed by atoms with Crippen LogP contribution >= 0.6 is 0 Å². The van der Waals surface area contributed by atoms with Crippen molar-refractivity contribution in [1.82, 2.24) is 20.0 Å². The van der Waals surface area contributed by atoms with E-state index in [4.69, 9.17) is 0 Å². The number of nitrogens with one attached hydrogen (secondary N) is 1. The molecule has 0 bridgehead atoms. The van der Waals surface area contributed by atoms with Gasteiger partial charge in [-0.2, -0.15) is 5.10 Å². The molecular formula is C16H20N4O2. The molecule has 2 heterocycles. The summed E-state index contributed by atoms with van der Waals surface area (Å²) in [5.74, 6) is -1.07. The molecule has 1 aliphatic heterocycles. The van der Waals surface area contributed by atoms with Crippen LogP contribution < -0.4 is 5.32 Å². The molecule has 0 spiro atoms. The largest absolute Gasteiger partial charge is 0.481 e. The number of carbonyl (C=O) groups is 1. The molecule has 6 nitrogen and oxygen atoms in total. The molecule has 0 saturated carbocycles. The number of rotatable bonds is 4. The number of carboxylic acids is 1. The number of carboxylic acid groups (broad SMARTS) is 1.